The van der Waals surface area contributed by atoms with Gasteiger partial charge >= 0.3 is 0 Å². The molecule has 8 heteroatoms. The normalized spacial score (nSPS) is 23.1. The molecular weight excluding hydrogens is 524 g/mol. The van der Waals surface area contributed by atoms with Crippen molar-refractivity contribution in [1.29, 1.82) is 0 Å². The highest BCUT2D eigenvalue weighted by Gasteiger charge is 2.47. The van der Waals surface area contributed by atoms with E-state index in [1.165, 1.54) is 0 Å². The molecule has 0 saturated carbocycles. The SMILES string of the molecule is CCc1ccc(Cc2cc(OC)cc3c2OC[C@H]([C@H]2[C@@H](CCCOC)Oc4ccc(OC)cc4[C@@H]2O)[C@@H]3O)cc1O. The van der Waals surface area contributed by atoms with Gasteiger partial charge in [-0.3, -0.25) is 0 Å². The van der Waals surface area contributed by atoms with Gasteiger partial charge in [0.15, 0.2) is 0 Å². The first-order valence-electron chi connectivity index (χ1n) is 14.2. The van der Waals surface area contributed by atoms with Crippen LogP contribution < -0.4 is 18.9 Å². The summed E-state index contributed by atoms with van der Waals surface area (Å²) in [5.41, 5.74) is 3.92. The van der Waals surface area contributed by atoms with Gasteiger partial charge in [0.1, 0.15) is 34.9 Å². The van der Waals surface area contributed by atoms with Gasteiger partial charge < -0.3 is 39.0 Å². The second-order valence-electron chi connectivity index (χ2n) is 10.8. The lowest BCUT2D eigenvalue weighted by Gasteiger charge is -2.44. The molecule has 220 valence electrons. The summed E-state index contributed by atoms with van der Waals surface area (Å²) in [6, 6.07) is 14.9. The van der Waals surface area contributed by atoms with Gasteiger partial charge in [-0.2, -0.15) is 0 Å². The van der Waals surface area contributed by atoms with Crippen LogP contribution >= 0.6 is 0 Å². The smallest absolute Gasteiger partial charge is 0.128 e. The molecule has 3 aromatic rings. The maximum Gasteiger partial charge on any atom is 0.128 e. The van der Waals surface area contributed by atoms with Crippen molar-refractivity contribution in [1.82, 2.24) is 0 Å². The number of methoxy groups -OCH3 is 3. The molecule has 3 aromatic carbocycles. The number of hydrogen-bond donors (Lipinski definition) is 3. The van der Waals surface area contributed by atoms with Crippen LogP contribution in [0.25, 0.3) is 0 Å². The Kier molecular flexibility index (Phi) is 8.92. The molecule has 0 saturated heterocycles. The monoisotopic (exact) mass is 564 g/mol. The number of rotatable bonds is 10. The number of aliphatic hydroxyl groups is 2. The first kappa shape index (κ1) is 29.0. The van der Waals surface area contributed by atoms with Crippen LogP contribution in [0.15, 0.2) is 48.5 Å². The fourth-order valence-electron chi connectivity index (χ4n) is 6.22. The summed E-state index contributed by atoms with van der Waals surface area (Å²) in [4.78, 5) is 0. The summed E-state index contributed by atoms with van der Waals surface area (Å²) in [6.07, 6.45) is 0.472. The Balaban J connectivity index is 1.49. The second kappa shape index (κ2) is 12.6. The molecule has 5 atom stereocenters. The Bertz CT molecular complexity index is 1360. The number of phenols is 1. The van der Waals surface area contributed by atoms with Crippen molar-refractivity contribution in [2.75, 3.05) is 34.5 Å². The summed E-state index contributed by atoms with van der Waals surface area (Å²) in [5, 5.41) is 34.0. The molecule has 0 bridgehead atoms. The van der Waals surface area contributed by atoms with Crippen molar-refractivity contribution in [3.8, 4) is 28.7 Å². The Hall–Kier alpha value is -3.46. The van der Waals surface area contributed by atoms with Gasteiger partial charge in [0.25, 0.3) is 0 Å². The summed E-state index contributed by atoms with van der Waals surface area (Å²) in [6.45, 7) is 2.78. The Morgan fingerprint density at radius 3 is 2.37 bits per heavy atom. The second-order valence-corrected chi connectivity index (χ2v) is 10.8. The van der Waals surface area contributed by atoms with Gasteiger partial charge in [0.2, 0.25) is 0 Å². The van der Waals surface area contributed by atoms with Crippen LogP contribution in [0.4, 0.5) is 0 Å². The van der Waals surface area contributed by atoms with E-state index in [9.17, 15) is 15.3 Å². The largest absolute Gasteiger partial charge is 0.508 e. The molecule has 0 aromatic heterocycles. The van der Waals surface area contributed by atoms with Crippen LogP contribution in [-0.2, 0) is 17.6 Å². The van der Waals surface area contributed by atoms with Crippen LogP contribution in [0.1, 0.15) is 59.8 Å². The van der Waals surface area contributed by atoms with E-state index in [0.717, 1.165) is 29.5 Å². The summed E-state index contributed by atoms with van der Waals surface area (Å²) in [5.74, 6) is 1.83. The summed E-state index contributed by atoms with van der Waals surface area (Å²) < 4.78 is 29.1. The van der Waals surface area contributed by atoms with E-state index in [-0.39, 0.29) is 18.5 Å². The van der Waals surface area contributed by atoms with Crippen LogP contribution in [0, 0.1) is 11.8 Å². The lowest BCUT2D eigenvalue weighted by Crippen LogP contribution is -2.46. The Labute approximate surface area is 241 Å². The molecule has 0 amide bonds. The molecule has 0 unspecified atom stereocenters. The average Bonchev–Trinajstić information content (AvgIpc) is 2.98. The number of hydrogen-bond acceptors (Lipinski definition) is 8. The number of ether oxygens (including phenoxy) is 5. The topological polar surface area (TPSA) is 107 Å². The van der Waals surface area contributed by atoms with Gasteiger partial charge in [0, 0.05) is 48.7 Å². The average molecular weight is 565 g/mol. The van der Waals surface area contributed by atoms with Crippen LogP contribution in [-0.4, -0.2) is 56.0 Å². The van der Waals surface area contributed by atoms with Crippen LogP contribution in [0.3, 0.4) is 0 Å². The first-order valence-corrected chi connectivity index (χ1v) is 14.2. The Morgan fingerprint density at radius 1 is 0.878 bits per heavy atom. The van der Waals surface area contributed by atoms with Crippen molar-refractivity contribution in [2.24, 2.45) is 11.8 Å². The molecule has 0 fully saturated rings. The number of phenolic OH excluding ortho intramolecular Hbond substituents is 1. The number of aliphatic hydroxyl groups excluding tert-OH is 2. The number of aromatic hydroxyl groups is 1. The molecular formula is C33H40O8. The fourth-order valence-corrected chi connectivity index (χ4v) is 6.22. The Morgan fingerprint density at radius 2 is 1.66 bits per heavy atom. The van der Waals surface area contributed by atoms with E-state index in [2.05, 4.69) is 0 Å². The third kappa shape index (κ3) is 5.82. The highest BCUT2D eigenvalue weighted by Crippen LogP contribution is 2.51. The van der Waals surface area contributed by atoms with Gasteiger partial charge in [-0.05, 0) is 66.8 Å². The first-order chi connectivity index (χ1) is 19.9. The molecule has 3 N–H and O–H groups in total. The standard InChI is InChI=1S/C33H40O8/c1-5-20-9-8-19(14-27(20)34)13-21-15-23(39-4)17-25-31(35)26(18-40-33(21)25)30-29(7-6-12-37-2)41-28-11-10-22(38-3)16-24(28)32(30)36/h8-11,14-17,26,29-32,34-36H,5-7,12-13,18H2,1-4H3/t26-,29-,30+,31-,32+/m1/s1. The highest BCUT2D eigenvalue weighted by molar-refractivity contribution is 5.52. The van der Waals surface area contributed by atoms with Crippen molar-refractivity contribution in [2.45, 2.75) is 50.9 Å². The van der Waals surface area contributed by atoms with Crippen molar-refractivity contribution in [3.05, 3.63) is 76.3 Å². The minimum absolute atomic E-state index is 0.207. The van der Waals surface area contributed by atoms with E-state index < -0.39 is 24.0 Å². The predicted octanol–water partition coefficient (Wildman–Crippen LogP) is 5.14. The third-order valence-electron chi connectivity index (χ3n) is 8.41. The van der Waals surface area contributed by atoms with E-state index in [0.29, 0.717) is 53.6 Å². The van der Waals surface area contributed by atoms with Crippen molar-refractivity contribution < 1.29 is 39.0 Å². The van der Waals surface area contributed by atoms with Crippen LogP contribution in [0.5, 0.6) is 28.7 Å². The van der Waals surface area contributed by atoms with E-state index in [1.54, 1.807) is 39.5 Å². The van der Waals surface area contributed by atoms with Gasteiger partial charge in [-0.15, -0.1) is 0 Å². The summed E-state index contributed by atoms with van der Waals surface area (Å²) >= 11 is 0. The molecule has 8 nitrogen and oxygen atoms in total. The molecule has 5 rings (SSSR count). The minimum Gasteiger partial charge on any atom is -0.508 e. The quantitative estimate of drug-likeness (QED) is 0.291. The molecule has 41 heavy (non-hydrogen) atoms. The van der Waals surface area contributed by atoms with E-state index in [4.69, 9.17) is 23.7 Å². The molecule has 0 spiro atoms. The molecule has 0 radical (unpaired) electrons. The fraction of sp³-hybridized carbons (Fsp3) is 0.455. The van der Waals surface area contributed by atoms with Gasteiger partial charge in [-0.1, -0.05) is 19.1 Å². The molecule has 2 aliphatic rings. The zero-order chi connectivity index (χ0) is 29.1. The highest BCUT2D eigenvalue weighted by atomic mass is 16.5. The maximum absolute atomic E-state index is 11.9. The zero-order valence-electron chi connectivity index (χ0n) is 24.1. The van der Waals surface area contributed by atoms with Crippen molar-refractivity contribution in [3.63, 3.8) is 0 Å². The minimum atomic E-state index is -0.927. The number of aryl methyl sites for hydroxylation is 1. The number of benzene rings is 3. The van der Waals surface area contributed by atoms with Crippen LogP contribution in [0.2, 0.25) is 0 Å². The molecule has 0 aliphatic carbocycles. The molecule has 2 heterocycles. The van der Waals surface area contributed by atoms with Crippen molar-refractivity contribution >= 4 is 0 Å². The lowest BCUT2D eigenvalue weighted by molar-refractivity contribution is -0.0889. The summed E-state index contributed by atoms with van der Waals surface area (Å²) in [7, 11) is 4.84. The third-order valence-corrected chi connectivity index (χ3v) is 8.41. The lowest BCUT2D eigenvalue weighted by atomic mass is 9.72. The van der Waals surface area contributed by atoms with E-state index >= 15 is 0 Å². The zero-order valence-corrected chi connectivity index (χ0v) is 24.1. The molecule has 2 aliphatic heterocycles. The predicted molar refractivity (Wildman–Crippen MR) is 154 cm³/mol. The van der Waals surface area contributed by atoms with Gasteiger partial charge in [-0.25, -0.2) is 0 Å². The number of fused-ring (bicyclic) bond motifs is 2. The maximum atomic E-state index is 11.9. The van der Waals surface area contributed by atoms with E-state index in [1.807, 2.05) is 37.3 Å². The van der Waals surface area contributed by atoms with Gasteiger partial charge in [0.05, 0.1) is 33.0 Å².